The van der Waals surface area contributed by atoms with E-state index in [4.69, 9.17) is 5.11 Å². The van der Waals surface area contributed by atoms with Gasteiger partial charge in [0.15, 0.2) is 0 Å². The predicted molar refractivity (Wildman–Crippen MR) is 60.3 cm³/mol. The standard InChI is InChI=1S/C11H13NO3S/c13-10(6-9-2-1-5-16-9)12-4-3-8(7-12)11(14)15/h1-2,5,8H,3-4,6-7H2,(H,14,15)/t8-/m0/s1. The maximum absolute atomic E-state index is 11.8. The van der Waals surface area contributed by atoms with Crippen LogP contribution in [-0.4, -0.2) is 35.0 Å². The van der Waals surface area contributed by atoms with Gasteiger partial charge in [0.1, 0.15) is 0 Å². The molecular formula is C11H13NO3S. The van der Waals surface area contributed by atoms with Crippen LogP contribution in [0.25, 0.3) is 0 Å². The second-order valence-electron chi connectivity index (χ2n) is 3.92. The number of rotatable bonds is 3. The number of carboxylic acids is 1. The summed E-state index contributed by atoms with van der Waals surface area (Å²) < 4.78 is 0. The van der Waals surface area contributed by atoms with E-state index in [1.165, 1.54) is 0 Å². The molecule has 1 aliphatic rings. The van der Waals surface area contributed by atoms with Gasteiger partial charge in [-0.05, 0) is 17.9 Å². The minimum Gasteiger partial charge on any atom is -0.481 e. The number of carbonyl (C=O) groups excluding carboxylic acids is 1. The van der Waals surface area contributed by atoms with E-state index in [2.05, 4.69) is 0 Å². The van der Waals surface area contributed by atoms with Crippen molar-refractivity contribution in [3.63, 3.8) is 0 Å². The van der Waals surface area contributed by atoms with Gasteiger partial charge in [-0.15, -0.1) is 11.3 Å². The molecule has 1 N–H and O–H groups in total. The molecule has 0 aromatic carbocycles. The van der Waals surface area contributed by atoms with Gasteiger partial charge in [-0.1, -0.05) is 6.07 Å². The first-order valence-electron chi connectivity index (χ1n) is 5.20. The molecular weight excluding hydrogens is 226 g/mol. The molecule has 2 heterocycles. The van der Waals surface area contributed by atoms with Gasteiger partial charge in [0.25, 0.3) is 0 Å². The zero-order chi connectivity index (χ0) is 11.5. The fourth-order valence-electron chi connectivity index (χ4n) is 1.86. The molecule has 1 aliphatic heterocycles. The Morgan fingerprint density at radius 3 is 2.94 bits per heavy atom. The van der Waals surface area contributed by atoms with E-state index >= 15 is 0 Å². The lowest BCUT2D eigenvalue weighted by Gasteiger charge is -2.14. The fraction of sp³-hybridized carbons (Fsp3) is 0.455. The molecule has 1 saturated heterocycles. The van der Waals surface area contributed by atoms with Gasteiger partial charge in [-0.25, -0.2) is 0 Å². The zero-order valence-corrected chi connectivity index (χ0v) is 9.57. The summed E-state index contributed by atoms with van der Waals surface area (Å²) in [5.41, 5.74) is 0. The molecule has 0 saturated carbocycles. The molecule has 16 heavy (non-hydrogen) atoms. The first kappa shape index (κ1) is 11.1. The second kappa shape index (κ2) is 4.65. The van der Waals surface area contributed by atoms with Crippen molar-refractivity contribution in [2.24, 2.45) is 5.92 Å². The Balaban J connectivity index is 1.90. The van der Waals surface area contributed by atoms with Crippen LogP contribution in [0.4, 0.5) is 0 Å². The summed E-state index contributed by atoms with van der Waals surface area (Å²) in [7, 11) is 0. The first-order chi connectivity index (χ1) is 7.66. The van der Waals surface area contributed by atoms with Gasteiger partial charge >= 0.3 is 5.97 Å². The number of hydrogen-bond donors (Lipinski definition) is 1. The molecule has 1 aromatic rings. The Bertz CT molecular complexity index is 388. The Labute approximate surface area is 97.5 Å². The van der Waals surface area contributed by atoms with Crippen LogP contribution in [0.3, 0.4) is 0 Å². The predicted octanol–water partition coefficient (Wildman–Crippen LogP) is 1.22. The largest absolute Gasteiger partial charge is 0.481 e. The van der Waals surface area contributed by atoms with Crippen LogP contribution in [0.15, 0.2) is 17.5 Å². The lowest BCUT2D eigenvalue weighted by atomic mass is 10.1. The van der Waals surface area contributed by atoms with Crippen molar-refractivity contribution in [3.8, 4) is 0 Å². The number of carboxylic acid groups (broad SMARTS) is 1. The van der Waals surface area contributed by atoms with E-state index in [9.17, 15) is 9.59 Å². The van der Waals surface area contributed by atoms with Crippen LogP contribution in [0.1, 0.15) is 11.3 Å². The Kier molecular flexibility index (Phi) is 3.24. The van der Waals surface area contributed by atoms with Gasteiger partial charge in [-0.3, -0.25) is 9.59 Å². The molecule has 0 spiro atoms. The number of likely N-dealkylation sites (tertiary alicyclic amines) is 1. The van der Waals surface area contributed by atoms with Crippen molar-refractivity contribution in [1.82, 2.24) is 4.90 Å². The zero-order valence-electron chi connectivity index (χ0n) is 8.76. The van der Waals surface area contributed by atoms with Crippen LogP contribution in [-0.2, 0) is 16.0 Å². The van der Waals surface area contributed by atoms with E-state index in [1.54, 1.807) is 16.2 Å². The topological polar surface area (TPSA) is 57.6 Å². The van der Waals surface area contributed by atoms with Crippen molar-refractivity contribution in [2.75, 3.05) is 13.1 Å². The molecule has 1 fully saturated rings. The highest BCUT2D eigenvalue weighted by atomic mass is 32.1. The number of nitrogens with zero attached hydrogens (tertiary/aromatic N) is 1. The normalized spacial score (nSPS) is 20.0. The molecule has 1 amide bonds. The van der Waals surface area contributed by atoms with Crippen LogP contribution in [0.2, 0.25) is 0 Å². The Morgan fingerprint density at radius 1 is 1.56 bits per heavy atom. The second-order valence-corrected chi connectivity index (χ2v) is 4.95. The number of aliphatic carboxylic acids is 1. The molecule has 2 rings (SSSR count). The van der Waals surface area contributed by atoms with E-state index in [0.717, 1.165) is 4.88 Å². The van der Waals surface area contributed by atoms with Gasteiger partial charge in [0, 0.05) is 18.0 Å². The maximum Gasteiger partial charge on any atom is 0.308 e. The van der Waals surface area contributed by atoms with Crippen LogP contribution < -0.4 is 0 Å². The molecule has 0 unspecified atom stereocenters. The molecule has 0 bridgehead atoms. The monoisotopic (exact) mass is 239 g/mol. The van der Waals surface area contributed by atoms with E-state index in [1.807, 2.05) is 17.5 Å². The molecule has 5 heteroatoms. The molecule has 0 aliphatic carbocycles. The minimum atomic E-state index is -0.800. The summed E-state index contributed by atoms with van der Waals surface area (Å²) in [6.45, 7) is 0.931. The lowest BCUT2D eigenvalue weighted by molar-refractivity contribution is -0.141. The third-order valence-electron chi connectivity index (χ3n) is 2.80. The Morgan fingerprint density at radius 2 is 2.38 bits per heavy atom. The van der Waals surface area contributed by atoms with Crippen LogP contribution in [0, 0.1) is 5.92 Å². The first-order valence-corrected chi connectivity index (χ1v) is 6.08. The fourth-order valence-corrected chi connectivity index (χ4v) is 2.56. The van der Waals surface area contributed by atoms with E-state index in [-0.39, 0.29) is 11.8 Å². The van der Waals surface area contributed by atoms with E-state index < -0.39 is 5.97 Å². The maximum atomic E-state index is 11.8. The van der Waals surface area contributed by atoms with Gasteiger partial charge in [-0.2, -0.15) is 0 Å². The number of carbonyl (C=O) groups is 2. The van der Waals surface area contributed by atoms with E-state index in [0.29, 0.717) is 25.9 Å². The third kappa shape index (κ3) is 2.41. The summed E-state index contributed by atoms with van der Waals surface area (Å²) in [4.78, 5) is 25.3. The van der Waals surface area contributed by atoms with Crippen molar-refractivity contribution in [3.05, 3.63) is 22.4 Å². The molecule has 1 aromatic heterocycles. The van der Waals surface area contributed by atoms with Gasteiger partial charge in [0.2, 0.25) is 5.91 Å². The van der Waals surface area contributed by atoms with Crippen molar-refractivity contribution < 1.29 is 14.7 Å². The SMILES string of the molecule is O=C(O)[C@H]1CCN(C(=O)Cc2cccs2)C1. The summed E-state index contributed by atoms with van der Waals surface area (Å²) >= 11 is 1.55. The van der Waals surface area contributed by atoms with Gasteiger partial charge in [0.05, 0.1) is 12.3 Å². The highest BCUT2D eigenvalue weighted by Crippen LogP contribution is 2.18. The average Bonchev–Trinajstić information content (AvgIpc) is 2.86. The molecule has 86 valence electrons. The molecule has 4 nitrogen and oxygen atoms in total. The van der Waals surface area contributed by atoms with Crippen molar-refractivity contribution >= 4 is 23.2 Å². The number of amides is 1. The highest BCUT2D eigenvalue weighted by molar-refractivity contribution is 7.10. The lowest BCUT2D eigenvalue weighted by Crippen LogP contribution is -2.30. The third-order valence-corrected chi connectivity index (χ3v) is 3.67. The van der Waals surface area contributed by atoms with Crippen LogP contribution in [0.5, 0.6) is 0 Å². The van der Waals surface area contributed by atoms with Crippen LogP contribution >= 0.6 is 11.3 Å². The molecule has 1 atom stereocenters. The molecule has 0 radical (unpaired) electrons. The minimum absolute atomic E-state index is 0.0335. The highest BCUT2D eigenvalue weighted by Gasteiger charge is 2.30. The van der Waals surface area contributed by atoms with Crippen molar-refractivity contribution in [2.45, 2.75) is 12.8 Å². The van der Waals surface area contributed by atoms with Gasteiger partial charge < -0.3 is 10.0 Å². The smallest absolute Gasteiger partial charge is 0.308 e. The summed E-state index contributed by atoms with van der Waals surface area (Å²) in [5.74, 6) is -1.15. The summed E-state index contributed by atoms with van der Waals surface area (Å²) in [5, 5.41) is 10.8. The quantitative estimate of drug-likeness (QED) is 0.863. The number of hydrogen-bond acceptors (Lipinski definition) is 3. The van der Waals surface area contributed by atoms with Crippen molar-refractivity contribution in [1.29, 1.82) is 0 Å². The average molecular weight is 239 g/mol. The number of thiophene rings is 1. The summed E-state index contributed by atoms with van der Waals surface area (Å²) in [6.07, 6.45) is 0.968. The Hall–Kier alpha value is -1.36. The summed E-state index contributed by atoms with van der Waals surface area (Å²) in [6, 6.07) is 3.84.